The van der Waals surface area contributed by atoms with Crippen LogP contribution in [0.4, 0.5) is 0 Å². The van der Waals surface area contributed by atoms with Crippen LogP contribution < -0.4 is 5.73 Å². The highest BCUT2D eigenvalue weighted by Crippen LogP contribution is 2.35. The van der Waals surface area contributed by atoms with Gasteiger partial charge in [0, 0.05) is 19.8 Å². The number of hydrogen-bond acceptors (Lipinski definition) is 3. The fourth-order valence-corrected chi connectivity index (χ4v) is 2.51. The largest absolute Gasteiger partial charge is 0.385 e. The van der Waals surface area contributed by atoms with Crippen LogP contribution in [-0.4, -0.2) is 18.3 Å². The molecule has 1 aromatic carbocycles. The quantitative estimate of drug-likeness (QED) is 0.839. The van der Waals surface area contributed by atoms with E-state index in [0.717, 1.165) is 37.2 Å². The van der Waals surface area contributed by atoms with Gasteiger partial charge in [0.05, 0.1) is 5.60 Å². The van der Waals surface area contributed by atoms with Crippen molar-refractivity contribution in [2.75, 3.05) is 13.2 Å². The van der Waals surface area contributed by atoms with Gasteiger partial charge in [-0.2, -0.15) is 0 Å². The summed E-state index contributed by atoms with van der Waals surface area (Å²) in [5, 5.41) is 10.7. The highest BCUT2D eigenvalue weighted by molar-refractivity contribution is 5.28. The minimum atomic E-state index is -0.783. The molecule has 1 atom stereocenters. The smallest absolute Gasteiger partial charge is 0.0898 e. The lowest BCUT2D eigenvalue weighted by atomic mass is 9.78. The number of hydrogen-bond donors (Lipinski definition) is 2. The molecular weight excluding hydrogens is 214 g/mol. The van der Waals surface area contributed by atoms with Crippen LogP contribution in [0, 0.1) is 5.92 Å². The molecule has 0 amide bonds. The van der Waals surface area contributed by atoms with Crippen molar-refractivity contribution in [2.24, 2.45) is 11.7 Å². The first-order valence-corrected chi connectivity index (χ1v) is 6.24. The van der Waals surface area contributed by atoms with E-state index >= 15 is 0 Å². The van der Waals surface area contributed by atoms with Crippen molar-refractivity contribution in [3.05, 3.63) is 35.4 Å². The van der Waals surface area contributed by atoms with Crippen LogP contribution >= 0.6 is 0 Å². The summed E-state index contributed by atoms with van der Waals surface area (Å²) in [4.78, 5) is 0. The Balaban J connectivity index is 2.22. The molecule has 94 valence electrons. The maximum atomic E-state index is 10.7. The van der Waals surface area contributed by atoms with E-state index in [1.54, 1.807) is 0 Å². The van der Waals surface area contributed by atoms with Crippen LogP contribution in [0.2, 0.25) is 0 Å². The Morgan fingerprint density at radius 2 is 2.12 bits per heavy atom. The molecule has 3 heteroatoms. The van der Waals surface area contributed by atoms with Crippen LogP contribution in [0.25, 0.3) is 0 Å². The van der Waals surface area contributed by atoms with Gasteiger partial charge in [-0.3, -0.25) is 0 Å². The summed E-state index contributed by atoms with van der Waals surface area (Å²) in [6, 6.07) is 7.94. The van der Waals surface area contributed by atoms with Gasteiger partial charge in [0.2, 0.25) is 0 Å². The van der Waals surface area contributed by atoms with Gasteiger partial charge < -0.3 is 15.6 Å². The first-order valence-electron chi connectivity index (χ1n) is 6.24. The molecule has 0 aromatic heterocycles. The SMILES string of the molecule is CC(O)(c1cccc(CN)c1)C1CCOCC1. The first kappa shape index (κ1) is 12.6. The maximum absolute atomic E-state index is 10.7. The molecule has 17 heavy (non-hydrogen) atoms. The van der Waals surface area contributed by atoms with Gasteiger partial charge in [-0.1, -0.05) is 24.3 Å². The van der Waals surface area contributed by atoms with Crippen molar-refractivity contribution in [2.45, 2.75) is 31.9 Å². The lowest BCUT2D eigenvalue weighted by Crippen LogP contribution is -2.36. The zero-order chi connectivity index (χ0) is 12.3. The zero-order valence-corrected chi connectivity index (χ0v) is 10.4. The predicted molar refractivity (Wildman–Crippen MR) is 67.4 cm³/mol. The second-order valence-electron chi connectivity index (χ2n) is 4.94. The minimum absolute atomic E-state index is 0.268. The van der Waals surface area contributed by atoms with E-state index in [-0.39, 0.29) is 5.92 Å². The van der Waals surface area contributed by atoms with Crippen molar-refractivity contribution in [3.8, 4) is 0 Å². The molecule has 0 aliphatic carbocycles. The monoisotopic (exact) mass is 235 g/mol. The molecule has 0 spiro atoms. The minimum Gasteiger partial charge on any atom is -0.385 e. The van der Waals surface area contributed by atoms with Crippen molar-refractivity contribution >= 4 is 0 Å². The van der Waals surface area contributed by atoms with Crippen LogP contribution in [0.5, 0.6) is 0 Å². The zero-order valence-electron chi connectivity index (χ0n) is 10.4. The Kier molecular flexibility index (Phi) is 3.82. The van der Waals surface area contributed by atoms with Gasteiger partial charge in [-0.15, -0.1) is 0 Å². The Bertz CT molecular complexity index is 370. The summed E-state index contributed by atoms with van der Waals surface area (Å²) < 4.78 is 5.34. The molecule has 1 heterocycles. The van der Waals surface area contributed by atoms with Gasteiger partial charge in [0.25, 0.3) is 0 Å². The van der Waals surface area contributed by atoms with Crippen LogP contribution in [0.3, 0.4) is 0 Å². The van der Waals surface area contributed by atoms with Crippen LogP contribution in [0.15, 0.2) is 24.3 Å². The lowest BCUT2D eigenvalue weighted by molar-refractivity contribution is -0.0580. The fraction of sp³-hybridized carbons (Fsp3) is 0.571. The van der Waals surface area contributed by atoms with Gasteiger partial charge in [0.1, 0.15) is 0 Å². The first-order chi connectivity index (χ1) is 8.14. The molecule has 1 aliphatic rings. The van der Waals surface area contributed by atoms with Crippen molar-refractivity contribution in [1.82, 2.24) is 0 Å². The average molecular weight is 235 g/mol. The topological polar surface area (TPSA) is 55.5 Å². The Hall–Kier alpha value is -0.900. The molecule has 1 aliphatic heterocycles. The second kappa shape index (κ2) is 5.17. The summed E-state index contributed by atoms with van der Waals surface area (Å²) in [5.74, 6) is 0.268. The van der Waals surface area contributed by atoms with E-state index in [1.165, 1.54) is 0 Å². The van der Waals surface area contributed by atoms with E-state index in [9.17, 15) is 5.11 Å². The second-order valence-corrected chi connectivity index (χ2v) is 4.94. The van der Waals surface area contributed by atoms with Crippen molar-refractivity contribution in [1.29, 1.82) is 0 Å². The van der Waals surface area contributed by atoms with E-state index < -0.39 is 5.60 Å². The molecule has 0 saturated carbocycles. The molecule has 1 aromatic rings. The molecular formula is C14H21NO2. The average Bonchev–Trinajstić information content (AvgIpc) is 2.40. The molecule has 0 radical (unpaired) electrons. The summed E-state index contributed by atoms with van der Waals surface area (Å²) in [5.41, 5.74) is 6.89. The van der Waals surface area contributed by atoms with E-state index in [0.29, 0.717) is 6.54 Å². The standard InChI is InChI=1S/C14H21NO2/c1-14(16,12-5-7-17-8-6-12)13-4-2-3-11(9-13)10-15/h2-4,9,12,16H,5-8,10,15H2,1H3. The van der Waals surface area contributed by atoms with Gasteiger partial charge in [-0.25, -0.2) is 0 Å². The molecule has 1 fully saturated rings. The Morgan fingerprint density at radius 3 is 2.76 bits per heavy atom. The molecule has 3 nitrogen and oxygen atoms in total. The molecule has 2 rings (SSSR count). The number of nitrogens with two attached hydrogens (primary N) is 1. The van der Waals surface area contributed by atoms with E-state index in [2.05, 4.69) is 0 Å². The van der Waals surface area contributed by atoms with Gasteiger partial charge in [-0.05, 0) is 36.8 Å². The molecule has 0 bridgehead atoms. The Labute approximate surface area is 103 Å². The molecule has 1 saturated heterocycles. The van der Waals surface area contributed by atoms with E-state index in [1.807, 2.05) is 31.2 Å². The number of ether oxygens (including phenoxy) is 1. The number of rotatable bonds is 3. The van der Waals surface area contributed by atoms with Crippen LogP contribution in [0.1, 0.15) is 30.9 Å². The third-order valence-electron chi connectivity index (χ3n) is 3.76. The summed E-state index contributed by atoms with van der Waals surface area (Å²) in [6.07, 6.45) is 1.83. The summed E-state index contributed by atoms with van der Waals surface area (Å²) in [7, 11) is 0. The summed E-state index contributed by atoms with van der Waals surface area (Å²) >= 11 is 0. The highest BCUT2D eigenvalue weighted by Gasteiger charge is 2.34. The summed E-state index contributed by atoms with van der Waals surface area (Å²) in [6.45, 7) is 3.91. The van der Waals surface area contributed by atoms with Crippen LogP contribution in [-0.2, 0) is 16.9 Å². The van der Waals surface area contributed by atoms with E-state index in [4.69, 9.17) is 10.5 Å². The predicted octanol–water partition coefficient (Wildman–Crippen LogP) is 1.78. The normalized spacial score (nSPS) is 21.1. The van der Waals surface area contributed by atoms with Crippen molar-refractivity contribution < 1.29 is 9.84 Å². The van der Waals surface area contributed by atoms with Gasteiger partial charge >= 0.3 is 0 Å². The fourth-order valence-electron chi connectivity index (χ4n) is 2.51. The lowest BCUT2D eigenvalue weighted by Gasteiger charge is -2.36. The highest BCUT2D eigenvalue weighted by atomic mass is 16.5. The molecule has 3 N–H and O–H groups in total. The van der Waals surface area contributed by atoms with Crippen molar-refractivity contribution in [3.63, 3.8) is 0 Å². The number of aliphatic hydroxyl groups is 1. The Morgan fingerprint density at radius 1 is 1.41 bits per heavy atom. The third-order valence-corrected chi connectivity index (χ3v) is 3.76. The number of benzene rings is 1. The maximum Gasteiger partial charge on any atom is 0.0898 e. The van der Waals surface area contributed by atoms with Gasteiger partial charge in [0.15, 0.2) is 0 Å². The molecule has 1 unspecified atom stereocenters. The third kappa shape index (κ3) is 2.68.